The number of amides is 2. The molecule has 0 aromatic heterocycles. The zero-order chi connectivity index (χ0) is 22.9. The van der Waals surface area contributed by atoms with Gasteiger partial charge in [-0.1, -0.05) is 51.1 Å². The Morgan fingerprint density at radius 1 is 1.03 bits per heavy atom. The van der Waals surface area contributed by atoms with Crippen molar-refractivity contribution in [2.45, 2.75) is 70.8 Å². The molecule has 0 radical (unpaired) electrons. The first-order chi connectivity index (χ1) is 13.9. The number of hydrogen-bond donors (Lipinski definition) is 2. The van der Waals surface area contributed by atoms with Gasteiger partial charge in [0.05, 0.1) is 7.11 Å². The minimum absolute atomic E-state index is 0.0448. The van der Waals surface area contributed by atoms with Crippen LogP contribution in [0.3, 0.4) is 0 Å². The number of carbonyl (C=O) groups excluding carboxylic acids is 3. The van der Waals surface area contributed by atoms with Crippen molar-refractivity contribution in [3.8, 4) is 0 Å². The summed E-state index contributed by atoms with van der Waals surface area (Å²) in [7, 11) is -0.690. The third-order valence-electron chi connectivity index (χ3n) is 5.45. The Bertz CT molecular complexity index is 716. The molecule has 1 rings (SSSR count). The molecule has 7 nitrogen and oxygen atoms in total. The fourth-order valence-corrected chi connectivity index (χ4v) is 3.68. The zero-order valence-corrected chi connectivity index (χ0v) is 20.2. The van der Waals surface area contributed by atoms with Gasteiger partial charge in [-0.25, -0.2) is 4.79 Å². The van der Waals surface area contributed by atoms with Gasteiger partial charge in [0.25, 0.3) is 0 Å². The first kappa shape index (κ1) is 25.8. The molecule has 0 aliphatic heterocycles. The van der Waals surface area contributed by atoms with E-state index in [2.05, 4.69) is 44.5 Å². The highest BCUT2D eigenvalue weighted by molar-refractivity contribution is 6.74. The van der Waals surface area contributed by atoms with Crippen LogP contribution in [0.15, 0.2) is 30.3 Å². The molecule has 0 saturated carbocycles. The Hall–Kier alpha value is -2.19. The first-order valence-electron chi connectivity index (χ1n) is 10.2. The maximum Gasteiger partial charge on any atom is 0.328 e. The number of ether oxygens (including phenoxy) is 1. The Morgan fingerprint density at radius 2 is 1.63 bits per heavy atom. The van der Waals surface area contributed by atoms with Crippen LogP contribution in [0.2, 0.25) is 18.1 Å². The maximum atomic E-state index is 12.9. The van der Waals surface area contributed by atoms with Crippen molar-refractivity contribution < 1.29 is 23.5 Å². The number of hydrogen-bond acceptors (Lipinski definition) is 5. The van der Waals surface area contributed by atoms with Gasteiger partial charge in [-0.05, 0) is 23.7 Å². The lowest BCUT2D eigenvalue weighted by molar-refractivity contribution is -0.145. The lowest BCUT2D eigenvalue weighted by Gasteiger charge is -2.36. The fraction of sp³-hybridized carbons (Fsp3) is 0.591. The quantitative estimate of drug-likeness (QED) is 0.434. The third-order valence-corrected chi connectivity index (χ3v) is 9.99. The van der Waals surface area contributed by atoms with Gasteiger partial charge in [0.2, 0.25) is 11.8 Å². The van der Waals surface area contributed by atoms with Crippen LogP contribution in [-0.4, -0.2) is 51.9 Å². The second kappa shape index (κ2) is 11.3. The summed E-state index contributed by atoms with van der Waals surface area (Å²) >= 11 is 0. The Balaban J connectivity index is 2.83. The van der Waals surface area contributed by atoms with E-state index < -0.39 is 32.3 Å². The van der Waals surface area contributed by atoms with E-state index in [9.17, 15) is 14.4 Å². The van der Waals surface area contributed by atoms with E-state index in [0.717, 1.165) is 5.56 Å². The maximum absolute atomic E-state index is 12.9. The molecule has 8 heteroatoms. The van der Waals surface area contributed by atoms with Gasteiger partial charge in [-0.2, -0.15) is 0 Å². The second-order valence-corrected chi connectivity index (χ2v) is 13.7. The molecule has 0 saturated heterocycles. The van der Waals surface area contributed by atoms with Crippen LogP contribution < -0.4 is 10.6 Å². The highest BCUT2D eigenvalue weighted by atomic mass is 28.4. The van der Waals surface area contributed by atoms with Gasteiger partial charge in [0, 0.05) is 26.4 Å². The SMILES string of the molecule is COC(=O)[C@@H](CCO[Si](C)(C)C(C)(C)C)NC(=O)[C@H](Cc1ccccc1)NC(C)=O. The molecular formula is C22H36N2O5Si. The minimum Gasteiger partial charge on any atom is -0.467 e. The van der Waals surface area contributed by atoms with Crippen molar-refractivity contribution in [1.29, 1.82) is 0 Å². The van der Waals surface area contributed by atoms with Gasteiger partial charge < -0.3 is 19.8 Å². The van der Waals surface area contributed by atoms with Gasteiger partial charge in [-0.15, -0.1) is 0 Å². The summed E-state index contributed by atoms with van der Waals surface area (Å²) in [4.78, 5) is 36.7. The van der Waals surface area contributed by atoms with Gasteiger partial charge >= 0.3 is 5.97 Å². The van der Waals surface area contributed by atoms with E-state index in [4.69, 9.17) is 9.16 Å². The van der Waals surface area contributed by atoms with Crippen molar-refractivity contribution in [1.82, 2.24) is 10.6 Å². The molecule has 30 heavy (non-hydrogen) atoms. The van der Waals surface area contributed by atoms with Gasteiger partial charge in [0.15, 0.2) is 8.32 Å². The highest BCUT2D eigenvalue weighted by Crippen LogP contribution is 2.36. The summed E-state index contributed by atoms with van der Waals surface area (Å²) in [6, 6.07) is 7.74. The van der Waals surface area contributed by atoms with E-state index in [1.165, 1.54) is 14.0 Å². The average Bonchev–Trinajstić information content (AvgIpc) is 2.65. The molecule has 0 bridgehead atoms. The first-order valence-corrected chi connectivity index (χ1v) is 13.1. The molecule has 1 aromatic carbocycles. The number of esters is 1. The molecule has 1 aromatic rings. The van der Waals surface area contributed by atoms with Crippen molar-refractivity contribution in [2.24, 2.45) is 0 Å². The largest absolute Gasteiger partial charge is 0.467 e. The van der Waals surface area contributed by atoms with Crippen LogP contribution in [-0.2, 0) is 30.0 Å². The van der Waals surface area contributed by atoms with Crippen LogP contribution in [0.4, 0.5) is 0 Å². The molecule has 168 valence electrons. The molecule has 2 amide bonds. The zero-order valence-electron chi connectivity index (χ0n) is 19.2. The number of methoxy groups -OCH3 is 1. The summed E-state index contributed by atoms with van der Waals surface area (Å²) < 4.78 is 11.0. The average molecular weight is 437 g/mol. The third kappa shape index (κ3) is 8.28. The topological polar surface area (TPSA) is 93.7 Å². The van der Waals surface area contributed by atoms with E-state index in [1.54, 1.807) is 0 Å². The molecule has 0 aliphatic rings. The smallest absolute Gasteiger partial charge is 0.328 e. The summed E-state index contributed by atoms with van der Waals surface area (Å²) in [5.41, 5.74) is 0.905. The van der Waals surface area contributed by atoms with Gasteiger partial charge in [-0.3, -0.25) is 9.59 Å². The Labute approximate surface area is 181 Å². The van der Waals surface area contributed by atoms with E-state index >= 15 is 0 Å². The van der Waals surface area contributed by atoms with Crippen molar-refractivity contribution >= 4 is 26.1 Å². The number of carbonyl (C=O) groups is 3. The molecule has 0 aliphatic carbocycles. The number of benzene rings is 1. The molecular weight excluding hydrogens is 400 g/mol. The lowest BCUT2D eigenvalue weighted by atomic mass is 10.0. The van der Waals surface area contributed by atoms with Crippen molar-refractivity contribution in [3.05, 3.63) is 35.9 Å². The lowest BCUT2D eigenvalue weighted by Crippen LogP contribution is -2.53. The fourth-order valence-electron chi connectivity index (χ4n) is 2.62. The van der Waals surface area contributed by atoms with E-state index in [1.807, 2.05) is 30.3 Å². The van der Waals surface area contributed by atoms with Crippen LogP contribution in [0.25, 0.3) is 0 Å². The number of nitrogens with one attached hydrogen (secondary N) is 2. The van der Waals surface area contributed by atoms with Crippen molar-refractivity contribution in [2.75, 3.05) is 13.7 Å². The monoisotopic (exact) mass is 436 g/mol. The Morgan fingerprint density at radius 3 is 2.13 bits per heavy atom. The molecule has 0 spiro atoms. The standard InChI is InChI=1S/C22H36N2O5Si/c1-16(25)23-19(15-17-11-9-8-10-12-17)20(26)24-18(21(27)28-5)13-14-29-30(6,7)22(2,3)4/h8-12,18-19H,13-15H2,1-7H3,(H,23,25)(H,24,26)/t18-,19+/m1/s1. The molecule has 2 N–H and O–H groups in total. The predicted molar refractivity (Wildman–Crippen MR) is 119 cm³/mol. The summed E-state index contributed by atoms with van der Waals surface area (Å²) in [6.45, 7) is 12.4. The molecule has 0 unspecified atom stereocenters. The normalized spacial score (nSPS) is 13.8. The van der Waals surface area contributed by atoms with E-state index in [0.29, 0.717) is 19.4 Å². The molecule has 0 heterocycles. The summed E-state index contributed by atoms with van der Waals surface area (Å²) in [5, 5.41) is 5.43. The van der Waals surface area contributed by atoms with Crippen LogP contribution in [0, 0.1) is 0 Å². The molecule has 0 fully saturated rings. The second-order valence-electron chi connectivity index (χ2n) is 8.92. The highest BCUT2D eigenvalue weighted by Gasteiger charge is 2.37. The molecule has 2 atom stereocenters. The van der Waals surface area contributed by atoms with Gasteiger partial charge in [0.1, 0.15) is 12.1 Å². The van der Waals surface area contributed by atoms with Crippen LogP contribution in [0.5, 0.6) is 0 Å². The predicted octanol–water partition coefficient (Wildman–Crippen LogP) is 2.80. The minimum atomic E-state index is -1.97. The number of rotatable bonds is 10. The van der Waals surface area contributed by atoms with E-state index in [-0.39, 0.29) is 10.9 Å². The Kier molecular flexibility index (Phi) is 9.71. The van der Waals surface area contributed by atoms with Crippen LogP contribution in [0.1, 0.15) is 39.7 Å². The van der Waals surface area contributed by atoms with Crippen molar-refractivity contribution in [3.63, 3.8) is 0 Å². The summed E-state index contributed by atoms with van der Waals surface area (Å²) in [6.07, 6.45) is 0.615. The summed E-state index contributed by atoms with van der Waals surface area (Å²) in [5.74, 6) is -1.29. The van der Waals surface area contributed by atoms with Crippen LogP contribution >= 0.6 is 0 Å².